The zero-order chi connectivity index (χ0) is 19.3. The summed E-state index contributed by atoms with van der Waals surface area (Å²) >= 11 is 1.51. The number of anilines is 1. The van der Waals surface area contributed by atoms with Gasteiger partial charge >= 0.3 is 12.2 Å². The van der Waals surface area contributed by atoms with E-state index >= 15 is 0 Å². The molecule has 4 nitrogen and oxygen atoms in total. The van der Waals surface area contributed by atoms with E-state index in [2.05, 4.69) is 10.3 Å². The van der Waals surface area contributed by atoms with Gasteiger partial charge in [0.1, 0.15) is 0 Å². The van der Waals surface area contributed by atoms with Crippen molar-refractivity contribution in [3.8, 4) is 0 Å². The number of alkyl halides is 3. The molecule has 3 rings (SSSR count). The Morgan fingerprint density at radius 3 is 2.63 bits per heavy atom. The van der Waals surface area contributed by atoms with Gasteiger partial charge in [-0.1, -0.05) is 12.1 Å². The van der Waals surface area contributed by atoms with Crippen LogP contribution in [0.5, 0.6) is 0 Å². The Kier molecular flexibility index (Phi) is 5.75. The number of amides is 2. The minimum atomic E-state index is -4.47. The highest BCUT2D eigenvalue weighted by atomic mass is 32.1. The number of aromatic nitrogens is 1. The van der Waals surface area contributed by atoms with Crippen LogP contribution in [-0.2, 0) is 19.3 Å². The van der Waals surface area contributed by atoms with Crippen molar-refractivity contribution in [2.24, 2.45) is 0 Å². The van der Waals surface area contributed by atoms with Gasteiger partial charge in [-0.05, 0) is 52.7 Å². The van der Waals surface area contributed by atoms with E-state index in [0.717, 1.165) is 17.7 Å². The number of hydrogen-bond donors (Lipinski definition) is 1. The summed E-state index contributed by atoms with van der Waals surface area (Å²) in [5.41, 5.74) is 0.905. The Morgan fingerprint density at radius 2 is 1.96 bits per heavy atom. The molecule has 0 bridgehead atoms. The van der Waals surface area contributed by atoms with Crippen LogP contribution in [0.25, 0.3) is 0 Å². The van der Waals surface area contributed by atoms with Crippen molar-refractivity contribution in [1.82, 2.24) is 9.88 Å². The molecule has 2 heterocycles. The smallest absolute Gasteiger partial charge is 0.314 e. The van der Waals surface area contributed by atoms with Crippen LogP contribution in [0.2, 0.25) is 0 Å². The Hall–Kier alpha value is -2.87. The van der Waals surface area contributed by atoms with E-state index in [1.165, 1.54) is 28.4 Å². The first kappa shape index (κ1) is 18.9. The van der Waals surface area contributed by atoms with Gasteiger partial charge in [0.2, 0.25) is 0 Å². The van der Waals surface area contributed by atoms with Gasteiger partial charge in [0.15, 0.2) is 0 Å². The van der Waals surface area contributed by atoms with Gasteiger partial charge in [0.05, 0.1) is 17.8 Å². The number of hydrogen-bond acceptors (Lipinski definition) is 3. The van der Waals surface area contributed by atoms with Gasteiger partial charge in [0.25, 0.3) is 0 Å². The maximum Gasteiger partial charge on any atom is 0.416 e. The molecule has 27 heavy (non-hydrogen) atoms. The van der Waals surface area contributed by atoms with Gasteiger partial charge in [-0.2, -0.15) is 24.5 Å². The lowest BCUT2D eigenvalue weighted by molar-refractivity contribution is -0.137. The molecule has 2 amide bonds. The highest BCUT2D eigenvalue weighted by Gasteiger charge is 2.30. The lowest BCUT2D eigenvalue weighted by Crippen LogP contribution is -2.34. The molecule has 0 atom stereocenters. The fourth-order valence-corrected chi connectivity index (χ4v) is 3.13. The Labute approximate surface area is 158 Å². The summed E-state index contributed by atoms with van der Waals surface area (Å²) in [6, 6.07) is 11.4. The number of benzene rings is 1. The minimum absolute atomic E-state index is 0.0890. The van der Waals surface area contributed by atoms with Crippen LogP contribution in [0.4, 0.5) is 23.7 Å². The molecular formula is C19H16F3N3OS. The number of nitrogens with zero attached hydrogens (tertiary/aromatic N) is 2. The van der Waals surface area contributed by atoms with Crippen LogP contribution in [0.1, 0.15) is 16.8 Å². The Bertz CT molecular complexity index is 883. The summed E-state index contributed by atoms with van der Waals surface area (Å²) in [6.07, 6.45) is -2.84. The zero-order valence-corrected chi connectivity index (χ0v) is 14.9. The average Bonchev–Trinajstić information content (AvgIpc) is 3.15. The average molecular weight is 391 g/mol. The molecule has 0 saturated carbocycles. The van der Waals surface area contributed by atoms with E-state index in [1.54, 1.807) is 18.3 Å². The van der Waals surface area contributed by atoms with Crippen molar-refractivity contribution < 1.29 is 18.0 Å². The molecule has 1 aromatic carbocycles. The number of nitrogens with one attached hydrogen (secondary N) is 1. The van der Waals surface area contributed by atoms with Crippen LogP contribution < -0.4 is 5.32 Å². The SMILES string of the molecule is O=C(Nc1cccc(C(F)(F)F)c1)N(Cc1ccsc1)Cc1ccccn1. The first-order valence-corrected chi connectivity index (χ1v) is 9.00. The van der Waals surface area contributed by atoms with Crippen molar-refractivity contribution in [3.63, 3.8) is 0 Å². The molecule has 8 heteroatoms. The minimum Gasteiger partial charge on any atom is -0.314 e. The fourth-order valence-electron chi connectivity index (χ4n) is 2.47. The lowest BCUT2D eigenvalue weighted by atomic mass is 10.2. The van der Waals surface area contributed by atoms with Crippen molar-refractivity contribution in [1.29, 1.82) is 0 Å². The standard InChI is InChI=1S/C19H16F3N3OS/c20-19(21,22)15-4-3-6-16(10-15)24-18(26)25(11-14-7-9-27-13-14)12-17-5-1-2-8-23-17/h1-10,13H,11-12H2,(H,24,26). The monoisotopic (exact) mass is 391 g/mol. The molecule has 0 unspecified atom stereocenters. The predicted octanol–water partition coefficient (Wildman–Crippen LogP) is 5.40. The van der Waals surface area contributed by atoms with Gasteiger partial charge in [-0.15, -0.1) is 0 Å². The second-order valence-corrected chi connectivity index (χ2v) is 6.60. The highest BCUT2D eigenvalue weighted by molar-refractivity contribution is 7.07. The van der Waals surface area contributed by atoms with E-state index in [0.29, 0.717) is 12.2 Å². The number of pyridine rings is 1. The molecule has 140 valence electrons. The summed E-state index contributed by atoms with van der Waals surface area (Å²) in [6.45, 7) is 0.562. The molecular weight excluding hydrogens is 375 g/mol. The van der Waals surface area contributed by atoms with Crippen molar-refractivity contribution in [3.05, 3.63) is 82.3 Å². The van der Waals surface area contributed by atoms with E-state index in [4.69, 9.17) is 0 Å². The van der Waals surface area contributed by atoms with E-state index in [9.17, 15) is 18.0 Å². The maximum absolute atomic E-state index is 12.9. The molecule has 0 fully saturated rings. The predicted molar refractivity (Wildman–Crippen MR) is 98.3 cm³/mol. The molecule has 3 aromatic rings. The molecule has 0 spiro atoms. The van der Waals surface area contributed by atoms with Gasteiger partial charge in [0, 0.05) is 18.4 Å². The molecule has 1 N–H and O–H groups in total. The third kappa shape index (κ3) is 5.30. The maximum atomic E-state index is 12.9. The number of rotatable bonds is 5. The van der Waals surface area contributed by atoms with Crippen molar-refractivity contribution >= 4 is 23.1 Å². The van der Waals surface area contributed by atoms with Crippen LogP contribution in [0, 0.1) is 0 Å². The zero-order valence-electron chi connectivity index (χ0n) is 14.1. The molecule has 0 saturated heterocycles. The van der Waals surface area contributed by atoms with Gasteiger partial charge in [-0.3, -0.25) is 4.98 Å². The largest absolute Gasteiger partial charge is 0.416 e. The normalized spacial score (nSPS) is 11.2. The van der Waals surface area contributed by atoms with E-state index < -0.39 is 17.8 Å². The summed E-state index contributed by atoms with van der Waals surface area (Å²) in [5, 5.41) is 6.37. The number of carbonyl (C=O) groups is 1. The summed E-state index contributed by atoms with van der Waals surface area (Å²) in [5.74, 6) is 0. The Balaban J connectivity index is 1.78. The van der Waals surface area contributed by atoms with Crippen LogP contribution in [0.3, 0.4) is 0 Å². The molecule has 0 aliphatic heterocycles. The van der Waals surface area contributed by atoms with Crippen LogP contribution >= 0.6 is 11.3 Å². The molecule has 2 aromatic heterocycles. The van der Waals surface area contributed by atoms with Crippen molar-refractivity contribution in [2.45, 2.75) is 19.3 Å². The molecule has 0 aliphatic rings. The summed E-state index contributed by atoms with van der Waals surface area (Å²) in [4.78, 5) is 18.4. The number of halogens is 3. The van der Waals surface area contributed by atoms with Crippen molar-refractivity contribution in [2.75, 3.05) is 5.32 Å². The van der Waals surface area contributed by atoms with Gasteiger partial charge < -0.3 is 10.2 Å². The molecule has 0 radical (unpaired) electrons. The first-order chi connectivity index (χ1) is 12.9. The lowest BCUT2D eigenvalue weighted by Gasteiger charge is -2.23. The van der Waals surface area contributed by atoms with Gasteiger partial charge in [-0.25, -0.2) is 4.79 Å². The van der Waals surface area contributed by atoms with Crippen LogP contribution in [-0.4, -0.2) is 15.9 Å². The third-order valence-electron chi connectivity index (χ3n) is 3.76. The number of urea groups is 1. The third-order valence-corrected chi connectivity index (χ3v) is 4.49. The molecule has 0 aliphatic carbocycles. The summed E-state index contributed by atoms with van der Waals surface area (Å²) in [7, 11) is 0. The number of carbonyl (C=O) groups excluding carboxylic acids is 1. The Morgan fingerprint density at radius 1 is 1.11 bits per heavy atom. The topological polar surface area (TPSA) is 45.2 Å². The second kappa shape index (κ2) is 8.22. The van der Waals surface area contributed by atoms with Crippen LogP contribution in [0.15, 0.2) is 65.5 Å². The second-order valence-electron chi connectivity index (χ2n) is 5.82. The fraction of sp³-hybridized carbons (Fsp3) is 0.158. The first-order valence-electron chi connectivity index (χ1n) is 8.06. The van der Waals surface area contributed by atoms with E-state index in [1.807, 2.05) is 22.9 Å². The quantitative estimate of drug-likeness (QED) is 0.633. The number of thiophene rings is 1. The summed E-state index contributed by atoms with van der Waals surface area (Å²) < 4.78 is 38.6. The van der Waals surface area contributed by atoms with E-state index in [-0.39, 0.29) is 12.2 Å². The highest BCUT2D eigenvalue weighted by Crippen LogP contribution is 2.30.